The smallest absolute Gasteiger partial charge is 0.253 e. The molecular formula is C25H34N6O3S. The first-order valence-electron chi connectivity index (χ1n) is 11.7. The summed E-state index contributed by atoms with van der Waals surface area (Å²) in [5.74, 6) is -0.0400. The molecule has 0 saturated carbocycles. The zero-order valence-electron chi connectivity index (χ0n) is 20.3. The van der Waals surface area contributed by atoms with Gasteiger partial charge in [0, 0.05) is 63.8 Å². The van der Waals surface area contributed by atoms with Crippen LogP contribution in [0.3, 0.4) is 0 Å². The molecule has 0 radical (unpaired) electrons. The monoisotopic (exact) mass is 498 g/mol. The van der Waals surface area contributed by atoms with Gasteiger partial charge in [-0.15, -0.1) is 11.3 Å². The SMILES string of the molecule is CN.CN(CCCO)C(=O)c1ccc(N2CCCN(c3ccnc4sc(C=O)c(N)c34)CC2)cc1. The Morgan fingerprint density at radius 1 is 1.14 bits per heavy atom. The van der Waals surface area contributed by atoms with Gasteiger partial charge in [-0.3, -0.25) is 9.59 Å². The average molecular weight is 499 g/mol. The van der Waals surface area contributed by atoms with Crippen LogP contribution in [-0.4, -0.2) is 80.6 Å². The Kier molecular flexibility index (Phi) is 9.41. The predicted molar refractivity (Wildman–Crippen MR) is 144 cm³/mol. The second-order valence-electron chi connectivity index (χ2n) is 8.19. The maximum Gasteiger partial charge on any atom is 0.253 e. The Hall–Kier alpha value is -3.21. The molecule has 3 aromatic rings. The van der Waals surface area contributed by atoms with E-state index in [4.69, 9.17) is 10.8 Å². The minimum atomic E-state index is -0.0400. The van der Waals surface area contributed by atoms with E-state index >= 15 is 0 Å². The van der Waals surface area contributed by atoms with E-state index in [0.717, 1.165) is 60.5 Å². The largest absolute Gasteiger partial charge is 0.397 e. The van der Waals surface area contributed by atoms with Crippen molar-refractivity contribution in [3.05, 3.63) is 47.0 Å². The summed E-state index contributed by atoms with van der Waals surface area (Å²) in [6.45, 7) is 4.04. The van der Waals surface area contributed by atoms with Gasteiger partial charge in [0.05, 0.1) is 21.6 Å². The number of rotatable bonds is 7. The Morgan fingerprint density at radius 3 is 2.51 bits per heavy atom. The topological polar surface area (TPSA) is 129 Å². The van der Waals surface area contributed by atoms with Crippen LogP contribution in [0.25, 0.3) is 10.2 Å². The van der Waals surface area contributed by atoms with E-state index < -0.39 is 0 Å². The normalized spacial score (nSPS) is 13.7. The zero-order valence-corrected chi connectivity index (χ0v) is 21.1. The van der Waals surface area contributed by atoms with Gasteiger partial charge >= 0.3 is 0 Å². The molecule has 0 spiro atoms. The van der Waals surface area contributed by atoms with E-state index in [0.29, 0.717) is 29.1 Å². The molecule has 3 heterocycles. The number of aliphatic hydroxyl groups excluding tert-OH is 1. The van der Waals surface area contributed by atoms with Crippen LogP contribution >= 0.6 is 11.3 Å². The molecule has 9 nitrogen and oxygen atoms in total. The summed E-state index contributed by atoms with van der Waals surface area (Å²) >= 11 is 1.33. The molecule has 0 aliphatic carbocycles. The summed E-state index contributed by atoms with van der Waals surface area (Å²) < 4.78 is 0. The third-order valence-electron chi connectivity index (χ3n) is 6.06. The fourth-order valence-corrected chi connectivity index (χ4v) is 5.16. The highest BCUT2D eigenvalue weighted by atomic mass is 32.1. The number of thiophene rings is 1. The lowest BCUT2D eigenvalue weighted by molar-refractivity contribution is 0.0786. The second kappa shape index (κ2) is 12.5. The third-order valence-corrected chi connectivity index (χ3v) is 7.10. The highest BCUT2D eigenvalue weighted by Crippen LogP contribution is 2.38. The minimum absolute atomic E-state index is 0.0400. The molecule has 10 heteroatoms. The molecule has 1 aliphatic rings. The number of carbonyl (C=O) groups is 2. The number of hydrogen-bond donors (Lipinski definition) is 3. The number of carbonyl (C=O) groups excluding carboxylic acids is 2. The average Bonchev–Trinajstić information content (AvgIpc) is 3.07. The lowest BCUT2D eigenvalue weighted by Gasteiger charge is -2.25. The van der Waals surface area contributed by atoms with E-state index in [-0.39, 0.29) is 12.5 Å². The maximum absolute atomic E-state index is 12.5. The first-order chi connectivity index (χ1) is 17.0. The van der Waals surface area contributed by atoms with Crippen molar-refractivity contribution < 1.29 is 14.7 Å². The number of anilines is 3. The second-order valence-corrected chi connectivity index (χ2v) is 9.22. The number of aromatic nitrogens is 1. The summed E-state index contributed by atoms with van der Waals surface area (Å²) in [7, 11) is 3.25. The van der Waals surface area contributed by atoms with Crippen LogP contribution < -0.4 is 21.3 Å². The van der Waals surface area contributed by atoms with Crippen LogP contribution in [0.4, 0.5) is 17.1 Å². The Balaban J connectivity index is 0.00000167. The lowest BCUT2D eigenvalue weighted by Crippen LogP contribution is -2.31. The fraction of sp³-hybridized carbons (Fsp3) is 0.400. The number of aliphatic hydroxyl groups is 1. The standard InChI is InChI=1S/C24H29N5O3S.CH5N/c1-27(10-3-15-30)24(32)17-4-6-18(7-5-17)28-11-2-12-29(14-13-28)19-8-9-26-23-21(19)22(25)20(16-31)33-23;1-2/h4-9,16,30H,2-3,10-15,25H2,1H3;2H2,1H3. The first kappa shape index (κ1) is 26.4. The summed E-state index contributed by atoms with van der Waals surface area (Å²) in [4.78, 5) is 35.9. The van der Waals surface area contributed by atoms with Crippen LogP contribution in [0.1, 0.15) is 32.9 Å². The molecule has 1 saturated heterocycles. The van der Waals surface area contributed by atoms with Crippen molar-refractivity contribution in [2.45, 2.75) is 12.8 Å². The molecule has 4 rings (SSSR count). The molecule has 0 bridgehead atoms. The number of aldehydes is 1. The van der Waals surface area contributed by atoms with E-state index in [1.165, 1.54) is 18.4 Å². The quantitative estimate of drug-likeness (QED) is 0.424. The van der Waals surface area contributed by atoms with Crippen molar-refractivity contribution in [3.63, 3.8) is 0 Å². The molecule has 1 aliphatic heterocycles. The van der Waals surface area contributed by atoms with Crippen molar-refractivity contribution >= 4 is 50.8 Å². The van der Waals surface area contributed by atoms with Crippen LogP contribution in [0.5, 0.6) is 0 Å². The van der Waals surface area contributed by atoms with E-state index in [9.17, 15) is 9.59 Å². The van der Waals surface area contributed by atoms with Crippen molar-refractivity contribution in [2.75, 3.05) is 69.0 Å². The fourth-order valence-electron chi connectivity index (χ4n) is 4.26. The summed E-state index contributed by atoms with van der Waals surface area (Å²) in [5, 5.41) is 9.84. The highest BCUT2D eigenvalue weighted by Gasteiger charge is 2.21. The van der Waals surface area contributed by atoms with Gasteiger partial charge in [-0.05, 0) is 50.2 Å². The molecule has 1 aromatic carbocycles. The van der Waals surface area contributed by atoms with E-state index in [1.54, 1.807) is 18.1 Å². The number of fused-ring (bicyclic) bond motifs is 1. The number of nitrogen functional groups attached to an aromatic ring is 1. The zero-order chi connectivity index (χ0) is 25.4. The van der Waals surface area contributed by atoms with Crippen molar-refractivity contribution in [3.8, 4) is 0 Å². The Morgan fingerprint density at radius 2 is 1.83 bits per heavy atom. The third kappa shape index (κ3) is 5.90. The minimum Gasteiger partial charge on any atom is -0.397 e. The van der Waals surface area contributed by atoms with Crippen molar-refractivity contribution in [1.29, 1.82) is 0 Å². The number of hydrogen-bond acceptors (Lipinski definition) is 9. The highest BCUT2D eigenvalue weighted by molar-refractivity contribution is 7.21. The van der Waals surface area contributed by atoms with Gasteiger partial charge in [-0.25, -0.2) is 4.98 Å². The van der Waals surface area contributed by atoms with E-state index in [1.807, 2.05) is 30.3 Å². The molecule has 0 unspecified atom stereocenters. The Bertz CT molecular complexity index is 1130. The summed E-state index contributed by atoms with van der Waals surface area (Å²) in [6, 6.07) is 9.72. The van der Waals surface area contributed by atoms with Crippen LogP contribution in [0, 0.1) is 0 Å². The Labute approximate surface area is 209 Å². The molecule has 1 fully saturated rings. The van der Waals surface area contributed by atoms with Crippen LogP contribution in [0.15, 0.2) is 36.5 Å². The summed E-state index contributed by atoms with van der Waals surface area (Å²) in [5.41, 5.74) is 14.0. The maximum atomic E-state index is 12.5. The molecule has 2 aromatic heterocycles. The van der Waals surface area contributed by atoms with E-state index in [2.05, 4.69) is 20.5 Å². The number of benzene rings is 1. The number of nitrogens with zero attached hydrogens (tertiary/aromatic N) is 4. The van der Waals surface area contributed by atoms with Gasteiger partial charge in [0.15, 0.2) is 6.29 Å². The molecule has 35 heavy (non-hydrogen) atoms. The first-order valence-corrected chi connectivity index (χ1v) is 12.5. The van der Waals surface area contributed by atoms with Gasteiger partial charge < -0.3 is 31.3 Å². The lowest BCUT2D eigenvalue weighted by atomic mass is 10.1. The van der Waals surface area contributed by atoms with Crippen molar-refractivity contribution in [1.82, 2.24) is 9.88 Å². The molecule has 1 amide bonds. The van der Waals surface area contributed by atoms with Gasteiger partial charge in [-0.1, -0.05) is 0 Å². The van der Waals surface area contributed by atoms with Gasteiger partial charge in [-0.2, -0.15) is 0 Å². The van der Waals surface area contributed by atoms with Crippen LogP contribution in [0.2, 0.25) is 0 Å². The van der Waals surface area contributed by atoms with Crippen molar-refractivity contribution in [2.24, 2.45) is 5.73 Å². The van der Waals surface area contributed by atoms with Gasteiger partial charge in [0.1, 0.15) is 4.83 Å². The van der Waals surface area contributed by atoms with Gasteiger partial charge in [0.25, 0.3) is 5.91 Å². The molecular weight excluding hydrogens is 464 g/mol. The molecule has 5 N–H and O–H groups in total. The van der Waals surface area contributed by atoms with Crippen LogP contribution in [-0.2, 0) is 0 Å². The molecule has 0 atom stereocenters. The number of amides is 1. The summed E-state index contributed by atoms with van der Waals surface area (Å²) in [6.07, 6.45) is 4.12. The number of pyridine rings is 1. The van der Waals surface area contributed by atoms with Gasteiger partial charge in [0.2, 0.25) is 0 Å². The number of nitrogens with two attached hydrogens (primary N) is 2. The predicted octanol–water partition coefficient (Wildman–Crippen LogP) is 2.44. The molecule has 188 valence electrons.